The van der Waals surface area contributed by atoms with Gasteiger partial charge in [0.1, 0.15) is 27.8 Å². The molecule has 0 spiro atoms. The summed E-state index contributed by atoms with van der Waals surface area (Å²) in [6.07, 6.45) is 0. The van der Waals surface area contributed by atoms with Crippen LogP contribution in [0, 0.1) is 10.8 Å². The quantitative estimate of drug-likeness (QED) is 0.564. The zero-order valence-corrected chi connectivity index (χ0v) is 19.3. The van der Waals surface area contributed by atoms with Crippen LogP contribution < -0.4 is 0 Å². The van der Waals surface area contributed by atoms with Crippen molar-refractivity contribution in [1.82, 2.24) is 0 Å². The molecule has 2 aromatic carbocycles. The molecule has 0 saturated carbocycles. The van der Waals surface area contributed by atoms with Crippen molar-refractivity contribution < 1.29 is 8.42 Å². The minimum atomic E-state index is -1.57. The molecule has 146 valence electrons. The van der Waals surface area contributed by atoms with Gasteiger partial charge in [-0.25, -0.2) is 8.42 Å². The molecule has 2 unspecified atom stereocenters. The third kappa shape index (κ3) is 2.97. The van der Waals surface area contributed by atoms with E-state index < -0.39 is 27.8 Å². The highest BCUT2D eigenvalue weighted by Gasteiger charge is 2.69. The summed E-state index contributed by atoms with van der Waals surface area (Å²) in [5, 5.41) is 0. The Labute approximate surface area is 171 Å². The molecule has 0 aliphatic carbocycles. The molecule has 0 N–H and O–H groups in total. The van der Waals surface area contributed by atoms with Crippen LogP contribution in [-0.4, -0.2) is 8.42 Å². The Balaban J connectivity index is 2.36. The highest BCUT2D eigenvalue weighted by Crippen LogP contribution is 2.71. The molecule has 3 rings (SSSR count). The Morgan fingerprint density at radius 3 is 1.19 bits per heavy atom. The Morgan fingerprint density at radius 2 is 0.926 bits per heavy atom. The van der Waals surface area contributed by atoms with Crippen molar-refractivity contribution in [3.63, 3.8) is 0 Å². The summed E-state index contributed by atoms with van der Waals surface area (Å²) in [6.45, 7) is 12.6. The van der Waals surface area contributed by atoms with Crippen molar-refractivity contribution in [2.75, 3.05) is 0 Å². The Morgan fingerprint density at radius 1 is 0.630 bits per heavy atom. The van der Waals surface area contributed by atoms with E-state index in [9.17, 15) is 8.42 Å². The highest BCUT2D eigenvalue weighted by molar-refractivity contribution is 8.69. The van der Waals surface area contributed by atoms with E-state index in [1.165, 1.54) is 0 Å². The first-order valence-electron chi connectivity index (χ1n) is 9.14. The fourth-order valence-corrected chi connectivity index (χ4v) is 13.9. The van der Waals surface area contributed by atoms with E-state index in [1.54, 1.807) is 11.8 Å². The molecule has 2 aromatic rings. The molecule has 1 aliphatic heterocycles. The average molecular weight is 421 g/mol. The molecule has 27 heavy (non-hydrogen) atoms. The first kappa shape index (κ1) is 20.8. The van der Waals surface area contributed by atoms with Gasteiger partial charge in [-0.15, -0.1) is 11.8 Å². The second-order valence-corrected chi connectivity index (χ2v) is 15.0. The predicted octanol–water partition coefficient (Wildman–Crippen LogP) is 5.94. The summed E-state index contributed by atoms with van der Waals surface area (Å²) in [4.78, 5) is 0. The van der Waals surface area contributed by atoms with Gasteiger partial charge in [0.15, 0.2) is 0 Å². The van der Waals surface area contributed by atoms with Crippen LogP contribution in [0.5, 0.6) is 0 Å². The zero-order valence-electron chi connectivity index (χ0n) is 16.8. The smallest absolute Gasteiger partial charge is 0.135 e. The number of thioether (sulfide) groups is 1. The maximum atomic E-state index is 13.9. The number of benzene rings is 2. The normalized spacial score (nSPS) is 31.8. The summed E-state index contributed by atoms with van der Waals surface area (Å²) in [6, 6.07) is 19.9. The first-order valence-corrected chi connectivity index (χ1v) is 12.8. The van der Waals surface area contributed by atoms with Gasteiger partial charge in [-0.2, -0.15) is 0 Å². The van der Waals surface area contributed by atoms with Gasteiger partial charge in [-0.3, -0.25) is 0 Å². The molecular weight excluding hydrogens is 392 g/mol. The number of rotatable bonds is 2. The largest absolute Gasteiger partial charge is 0.244 e. The SMILES string of the molecule is CC(C)(C)[C@@]1(c2ccccc2)S[C@](c2ccccc2)(C(C)(C)C)S(=O)S1=O. The van der Waals surface area contributed by atoms with Crippen molar-refractivity contribution in [3.05, 3.63) is 71.8 Å². The lowest BCUT2D eigenvalue weighted by Crippen LogP contribution is -2.40. The van der Waals surface area contributed by atoms with Gasteiger partial charge >= 0.3 is 0 Å². The Kier molecular flexibility index (Phi) is 5.28. The van der Waals surface area contributed by atoms with Crippen LogP contribution >= 0.6 is 11.8 Å². The maximum absolute atomic E-state index is 13.9. The molecule has 0 bridgehead atoms. The van der Waals surface area contributed by atoms with Crippen LogP contribution in [0.15, 0.2) is 60.7 Å². The van der Waals surface area contributed by atoms with Gasteiger partial charge in [-0.05, 0) is 22.0 Å². The van der Waals surface area contributed by atoms with E-state index in [4.69, 9.17) is 0 Å². The van der Waals surface area contributed by atoms with Crippen LogP contribution in [0.2, 0.25) is 0 Å². The van der Waals surface area contributed by atoms with E-state index in [0.29, 0.717) is 0 Å². The molecule has 1 saturated heterocycles. The lowest BCUT2D eigenvalue weighted by molar-refractivity contribution is 0.348. The van der Waals surface area contributed by atoms with Crippen molar-refractivity contribution in [3.8, 4) is 0 Å². The van der Waals surface area contributed by atoms with Crippen molar-refractivity contribution in [2.45, 2.75) is 49.7 Å². The summed E-state index contributed by atoms with van der Waals surface area (Å²) in [7, 11) is -3.13. The monoisotopic (exact) mass is 420 g/mol. The topological polar surface area (TPSA) is 34.1 Å². The third-order valence-electron chi connectivity index (χ3n) is 5.18. The van der Waals surface area contributed by atoms with Gasteiger partial charge in [0.2, 0.25) is 0 Å². The van der Waals surface area contributed by atoms with Gasteiger partial charge < -0.3 is 0 Å². The fourth-order valence-electron chi connectivity index (χ4n) is 3.78. The van der Waals surface area contributed by atoms with E-state index in [2.05, 4.69) is 41.5 Å². The summed E-state index contributed by atoms with van der Waals surface area (Å²) in [5.74, 6) is 0. The molecule has 2 nitrogen and oxygen atoms in total. The lowest BCUT2D eigenvalue weighted by Gasteiger charge is -2.44. The molecule has 1 fully saturated rings. The van der Waals surface area contributed by atoms with Crippen molar-refractivity contribution in [2.24, 2.45) is 10.8 Å². The molecule has 0 radical (unpaired) electrons. The van der Waals surface area contributed by atoms with E-state index in [-0.39, 0.29) is 10.8 Å². The van der Waals surface area contributed by atoms with Gasteiger partial charge in [0.25, 0.3) is 0 Å². The Bertz CT molecular complexity index is 792. The maximum Gasteiger partial charge on any atom is 0.135 e. The van der Waals surface area contributed by atoms with Gasteiger partial charge in [0.05, 0.1) is 0 Å². The van der Waals surface area contributed by atoms with Crippen LogP contribution in [0.3, 0.4) is 0 Å². The van der Waals surface area contributed by atoms with Crippen LogP contribution in [-0.2, 0) is 27.8 Å². The minimum Gasteiger partial charge on any atom is -0.244 e. The van der Waals surface area contributed by atoms with Crippen LogP contribution in [0.25, 0.3) is 0 Å². The first-order chi connectivity index (χ1) is 12.5. The zero-order chi connectivity index (χ0) is 20.1. The Hall–Kier alpha value is -0.910. The lowest BCUT2D eigenvalue weighted by atomic mass is 9.85. The van der Waals surface area contributed by atoms with Gasteiger partial charge in [-0.1, -0.05) is 102 Å². The van der Waals surface area contributed by atoms with E-state index >= 15 is 0 Å². The van der Waals surface area contributed by atoms with E-state index in [1.807, 2.05) is 60.7 Å². The number of hydrogen-bond acceptors (Lipinski definition) is 3. The summed E-state index contributed by atoms with van der Waals surface area (Å²) in [5.41, 5.74) is 1.27. The molecular formula is C22H28O2S3. The molecule has 5 heteroatoms. The summed E-state index contributed by atoms with van der Waals surface area (Å²) < 4.78 is 26.3. The molecule has 1 aliphatic rings. The minimum absolute atomic E-state index is 0.346. The third-order valence-corrected chi connectivity index (χ3v) is 14.7. The van der Waals surface area contributed by atoms with Crippen LogP contribution in [0.4, 0.5) is 0 Å². The molecule has 4 atom stereocenters. The second kappa shape index (κ2) is 6.85. The van der Waals surface area contributed by atoms with E-state index in [0.717, 1.165) is 11.1 Å². The number of hydrogen-bond donors (Lipinski definition) is 0. The summed E-state index contributed by atoms with van der Waals surface area (Å²) >= 11 is 1.64. The second-order valence-electron chi connectivity index (χ2n) is 9.04. The van der Waals surface area contributed by atoms with Gasteiger partial charge in [0, 0.05) is 0 Å². The predicted molar refractivity (Wildman–Crippen MR) is 119 cm³/mol. The fraction of sp³-hybridized carbons (Fsp3) is 0.455. The molecule has 0 aromatic heterocycles. The van der Waals surface area contributed by atoms with Crippen molar-refractivity contribution >= 4 is 31.4 Å². The molecule has 1 heterocycles. The average Bonchev–Trinajstić information content (AvgIpc) is 2.86. The molecule has 0 amide bonds. The van der Waals surface area contributed by atoms with Crippen molar-refractivity contribution in [1.29, 1.82) is 0 Å². The highest BCUT2D eigenvalue weighted by atomic mass is 33.1. The standard InChI is InChI=1S/C22H28O2S3/c1-19(2,3)21(17-13-9-7-10-14-17)25-22(20(4,5)6,27(24)26(21)23)18-15-11-8-12-16-18/h7-16H,1-6H3/t21-,22-,26?,27?/m0/s1. The van der Waals surface area contributed by atoms with Crippen LogP contribution in [0.1, 0.15) is 52.7 Å².